The summed E-state index contributed by atoms with van der Waals surface area (Å²) in [6.07, 6.45) is 3.06. The lowest BCUT2D eigenvalue weighted by Gasteiger charge is -2.28. The zero-order valence-corrected chi connectivity index (χ0v) is 32.0. The van der Waals surface area contributed by atoms with Gasteiger partial charge in [-0.15, -0.1) is 0 Å². The fourth-order valence-electron chi connectivity index (χ4n) is 6.21. The van der Waals surface area contributed by atoms with Gasteiger partial charge in [-0.05, 0) is 93.8 Å². The first-order valence-corrected chi connectivity index (χ1v) is 20.1. The Morgan fingerprint density at radius 3 is 2.43 bits per heavy atom. The second-order valence-corrected chi connectivity index (χ2v) is 16.4. The maximum absolute atomic E-state index is 13.9. The second kappa shape index (κ2) is 18.5. The Hall–Kier alpha value is -3.38. The molecule has 2 saturated carbocycles. The van der Waals surface area contributed by atoms with E-state index in [4.69, 9.17) is 26.2 Å². The average Bonchev–Trinajstić information content (AvgIpc) is 4.11. The lowest BCUT2D eigenvalue weighted by Crippen LogP contribution is -2.56. The number of urea groups is 1. The quantitative estimate of drug-likeness (QED) is 0.0780. The molecule has 296 valence electrons. The average molecular weight is 791 g/mol. The van der Waals surface area contributed by atoms with Crippen molar-refractivity contribution in [3.8, 4) is 16.9 Å². The van der Waals surface area contributed by atoms with Gasteiger partial charge in [0.2, 0.25) is 10.0 Å². The fraction of sp³-hybridized carbons (Fsp3) is 0.526. The van der Waals surface area contributed by atoms with Crippen molar-refractivity contribution in [2.24, 2.45) is 0 Å². The summed E-state index contributed by atoms with van der Waals surface area (Å²) in [6, 6.07) is 12.1. The van der Waals surface area contributed by atoms with Crippen LogP contribution in [0.15, 0.2) is 65.8 Å². The Labute approximate surface area is 321 Å². The van der Waals surface area contributed by atoms with Gasteiger partial charge in [0.25, 0.3) is 0 Å². The van der Waals surface area contributed by atoms with Gasteiger partial charge in [-0.25, -0.2) is 13.2 Å². The van der Waals surface area contributed by atoms with Gasteiger partial charge in [-0.1, -0.05) is 29.8 Å². The number of para-hydroxylation sites is 1. The van der Waals surface area contributed by atoms with Crippen molar-refractivity contribution in [2.45, 2.75) is 106 Å². The minimum atomic E-state index is -3.95. The van der Waals surface area contributed by atoms with E-state index in [0.717, 1.165) is 48.1 Å². The molecular weight excluding hydrogens is 740 g/mol. The molecule has 14 nitrogen and oxygen atoms in total. The number of aromatic nitrogens is 1. The number of hydrogen-bond acceptors (Lipinski definition) is 11. The predicted molar refractivity (Wildman–Crippen MR) is 201 cm³/mol. The van der Waals surface area contributed by atoms with Crippen LogP contribution in [-0.4, -0.2) is 112 Å². The number of aliphatic hydroxyl groups is 5. The molecule has 0 aliphatic heterocycles. The third kappa shape index (κ3) is 10.3. The van der Waals surface area contributed by atoms with Crippen LogP contribution < -0.4 is 15.4 Å². The molecule has 1 aromatic heterocycles. The molecule has 1 heterocycles. The van der Waals surface area contributed by atoms with E-state index in [2.05, 4.69) is 15.6 Å². The third-order valence-corrected chi connectivity index (χ3v) is 12.1. The molecule has 4 unspecified atom stereocenters. The SMILES string of the molecule is CC(C)N(CCCCNC(=O)NC(CO)C(O)C(O)C(O)CO)S(=O)(=O)c1ccc(Cl)c(COC2(c3cnccc3-c3ccccc3OC3CC3)CC2)c1. The molecule has 0 bridgehead atoms. The number of benzene rings is 2. The van der Waals surface area contributed by atoms with Crippen molar-refractivity contribution >= 4 is 27.7 Å². The molecular formula is C38H51ClN4O10S. The van der Waals surface area contributed by atoms with Crippen molar-refractivity contribution < 1.29 is 48.2 Å². The zero-order chi connectivity index (χ0) is 39.0. The summed E-state index contributed by atoms with van der Waals surface area (Å²) in [5.41, 5.74) is 2.82. The number of ether oxygens (including phenoxy) is 2. The molecule has 5 rings (SSSR count). The monoisotopic (exact) mass is 790 g/mol. The van der Waals surface area contributed by atoms with E-state index in [-0.39, 0.29) is 36.7 Å². The van der Waals surface area contributed by atoms with Crippen molar-refractivity contribution in [1.29, 1.82) is 0 Å². The zero-order valence-electron chi connectivity index (χ0n) is 30.5. The number of halogens is 1. The number of nitrogens with zero attached hydrogens (tertiary/aromatic N) is 2. The summed E-state index contributed by atoms with van der Waals surface area (Å²) >= 11 is 6.61. The summed E-state index contributed by atoms with van der Waals surface area (Å²) < 4.78 is 42.1. The molecule has 54 heavy (non-hydrogen) atoms. The van der Waals surface area contributed by atoms with Crippen LogP contribution in [0.2, 0.25) is 5.02 Å². The highest BCUT2D eigenvalue weighted by molar-refractivity contribution is 7.89. The fourth-order valence-corrected chi connectivity index (χ4v) is 8.11. The van der Waals surface area contributed by atoms with Gasteiger partial charge < -0.3 is 45.6 Å². The normalized spacial score (nSPS) is 17.5. The Morgan fingerprint density at radius 2 is 1.76 bits per heavy atom. The highest BCUT2D eigenvalue weighted by atomic mass is 35.5. The topological polar surface area (TPSA) is 211 Å². The number of carbonyl (C=O) groups excluding carboxylic acids is 1. The number of nitrogens with one attached hydrogen (secondary N) is 2. The maximum atomic E-state index is 13.9. The van der Waals surface area contributed by atoms with Gasteiger partial charge in [0.1, 0.15) is 24.1 Å². The number of carbonyl (C=O) groups is 1. The Kier molecular flexibility index (Phi) is 14.3. The Bertz CT molecular complexity index is 1830. The largest absolute Gasteiger partial charge is 0.490 e. The van der Waals surface area contributed by atoms with Crippen molar-refractivity contribution in [1.82, 2.24) is 19.9 Å². The highest BCUT2D eigenvalue weighted by Crippen LogP contribution is 2.53. The highest BCUT2D eigenvalue weighted by Gasteiger charge is 2.48. The van der Waals surface area contributed by atoms with Crippen LogP contribution in [-0.2, 0) is 27.0 Å². The molecule has 2 fully saturated rings. The lowest BCUT2D eigenvalue weighted by molar-refractivity contribution is -0.0902. The van der Waals surface area contributed by atoms with E-state index in [1.807, 2.05) is 36.5 Å². The number of pyridine rings is 1. The summed E-state index contributed by atoms with van der Waals surface area (Å²) in [7, 11) is -3.95. The number of hydrogen-bond donors (Lipinski definition) is 7. The third-order valence-electron chi connectivity index (χ3n) is 9.66. The van der Waals surface area contributed by atoms with Gasteiger partial charge in [0.05, 0.1) is 42.5 Å². The first kappa shape index (κ1) is 41.8. The Balaban J connectivity index is 1.19. The number of amides is 2. The number of unbranched alkanes of at least 4 members (excludes halogenated alkanes) is 1. The summed E-state index contributed by atoms with van der Waals surface area (Å²) in [4.78, 5) is 16.8. The van der Waals surface area contributed by atoms with Crippen LogP contribution in [0.25, 0.3) is 11.1 Å². The molecule has 3 aromatic rings. The van der Waals surface area contributed by atoms with E-state index < -0.39 is 59.2 Å². The maximum Gasteiger partial charge on any atom is 0.315 e. The van der Waals surface area contributed by atoms with Gasteiger partial charge in [-0.3, -0.25) is 4.98 Å². The lowest BCUT2D eigenvalue weighted by atomic mass is 9.96. The predicted octanol–water partition coefficient (Wildman–Crippen LogP) is 3.06. The minimum Gasteiger partial charge on any atom is -0.490 e. The summed E-state index contributed by atoms with van der Waals surface area (Å²) in [5, 5.41) is 53.3. The first-order valence-electron chi connectivity index (χ1n) is 18.3. The van der Waals surface area contributed by atoms with Crippen LogP contribution in [0.5, 0.6) is 5.75 Å². The van der Waals surface area contributed by atoms with Crippen molar-refractivity contribution in [2.75, 3.05) is 26.3 Å². The molecule has 4 atom stereocenters. The van der Waals surface area contributed by atoms with Crippen LogP contribution in [0.4, 0.5) is 4.79 Å². The molecule has 2 aliphatic rings. The number of aliphatic hydroxyl groups excluding tert-OH is 5. The molecule has 16 heteroatoms. The molecule has 2 amide bonds. The Morgan fingerprint density at radius 1 is 1.02 bits per heavy atom. The van der Waals surface area contributed by atoms with Gasteiger partial charge in [0, 0.05) is 47.7 Å². The van der Waals surface area contributed by atoms with Crippen LogP contribution >= 0.6 is 11.6 Å². The van der Waals surface area contributed by atoms with Crippen molar-refractivity contribution in [3.63, 3.8) is 0 Å². The first-order chi connectivity index (χ1) is 25.8. The van der Waals surface area contributed by atoms with E-state index in [1.54, 1.807) is 32.2 Å². The van der Waals surface area contributed by atoms with Gasteiger partial charge >= 0.3 is 6.03 Å². The summed E-state index contributed by atoms with van der Waals surface area (Å²) in [5.74, 6) is 0.822. The van der Waals surface area contributed by atoms with E-state index in [9.17, 15) is 33.6 Å². The van der Waals surface area contributed by atoms with Crippen molar-refractivity contribution in [3.05, 3.63) is 77.1 Å². The van der Waals surface area contributed by atoms with E-state index in [0.29, 0.717) is 23.4 Å². The standard InChI is InChI=1S/C38H51ClN4O10S/c1-24(2)43(18-6-5-16-41-37(49)42-32(21-44)35(47)36(48)33(46)22-45)54(50,51)27-11-12-31(39)25(19-27)23-52-38(14-15-38)30-20-40-17-13-28(30)29-7-3-4-8-34(29)53-26-9-10-26/h3-4,7-8,11-13,17,19-20,24,26,32-33,35-36,44-48H,5-6,9-10,14-16,18,21-23H2,1-2H3,(H2,41,42,49). The minimum absolute atomic E-state index is 0.0804. The van der Waals surface area contributed by atoms with Gasteiger partial charge in [-0.2, -0.15) is 4.31 Å². The van der Waals surface area contributed by atoms with Crippen LogP contribution in [0, 0.1) is 0 Å². The summed E-state index contributed by atoms with van der Waals surface area (Å²) in [6.45, 7) is 2.41. The van der Waals surface area contributed by atoms with E-state index in [1.165, 1.54) is 10.4 Å². The molecule has 0 radical (unpaired) electrons. The second-order valence-electron chi connectivity index (χ2n) is 14.1. The molecule has 0 spiro atoms. The number of rotatable bonds is 21. The van der Waals surface area contributed by atoms with E-state index >= 15 is 0 Å². The molecule has 7 N–H and O–H groups in total. The smallest absolute Gasteiger partial charge is 0.315 e. The number of sulfonamides is 1. The van der Waals surface area contributed by atoms with Crippen LogP contribution in [0.1, 0.15) is 63.5 Å². The molecule has 0 saturated heterocycles. The van der Waals surface area contributed by atoms with Crippen LogP contribution in [0.3, 0.4) is 0 Å². The van der Waals surface area contributed by atoms with Gasteiger partial charge in [0.15, 0.2) is 0 Å². The molecule has 2 aliphatic carbocycles. The molecule has 2 aromatic carbocycles.